The van der Waals surface area contributed by atoms with Gasteiger partial charge in [-0.25, -0.2) is 13.6 Å². The molecule has 10 nitrogen and oxygen atoms in total. The molecule has 3 heterocycles. The van der Waals surface area contributed by atoms with Crippen molar-refractivity contribution in [3.63, 3.8) is 0 Å². The molecule has 0 bridgehead atoms. The van der Waals surface area contributed by atoms with Crippen molar-refractivity contribution in [3.8, 4) is 0 Å². The number of esters is 1. The third-order valence-corrected chi connectivity index (χ3v) is 7.36. The van der Waals surface area contributed by atoms with Crippen LogP contribution in [0.25, 0.3) is 0 Å². The number of aryl methyl sites for hydroxylation is 1. The molecule has 3 aromatic rings. The summed E-state index contributed by atoms with van der Waals surface area (Å²) in [6, 6.07) is 3.93. The van der Waals surface area contributed by atoms with Gasteiger partial charge in [-0.15, -0.1) is 0 Å². The van der Waals surface area contributed by atoms with E-state index in [0.29, 0.717) is 37.6 Å². The van der Waals surface area contributed by atoms with E-state index >= 15 is 4.39 Å². The monoisotopic (exact) mass is 543 g/mol. The third kappa shape index (κ3) is 4.48. The standard InChI is InChI=1S/C27H27F2N3O7/c1-13-6-9-17(39-13)24(27(2)11-38-12-27)31-21-20(22(33)23(21)34)30-15-8-7-14(28)18(19(15)29)25(35)32-10-4-5-16(32)26(36)37-3/h6-9,16,24,30-31H,4-5,10-12H2,1-3H3. The Morgan fingerprint density at radius 3 is 2.46 bits per heavy atom. The van der Waals surface area contributed by atoms with E-state index in [1.165, 1.54) is 7.11 Å². The van der Waals surface area contributed by atoms with Gasteiger partial charge in [0.05, 0.1) is 32.1 Å². The molecule has 0 spiro atoms. The van der Waals surface area contributed by atoms with Crippen molar-refractivity contribution in [1.82, 2.24) is 4.90 Å². The summed E-state index contributed by atoms with van der Waals surface area (Å²) in [6.45, 7) is 4.59. The van der Waals surface area contributed by atoms with E-state index in [4.69, 9.17) is 13.9 Å². The number of rotatable bonds is 8. The molecule has 2 N–H and O–H groups in total. The highest BCUT2D eigenvalue weighted by molar-refractivity contribution is 5.98. The van der Waals surface area contributed by atoms with E-state index in [-0.39, 0.29) is 23.6 Å². The van der Waals surface area contributed by atoms with Gasteiger partial charge in [0.15, 0.2) is 5.82 Å². The first-order chi connectivity index (χ1) is 18.6. The maximum Gasteiger partial charge on any atom is 0.328 e. The third-order valence-electron chi connectivity index (χ3n) is 7.36. The number of amides is 1. The second kappa shape index (κ2) is 9.92. The van der Waals surface area contributed by atoms with Gasteiger partial charge in [0.25, 0.3) is 16.8 Å². The Bertz CT molecular complexity index is 1520. The summed E-state index contributed by atoms with van der Waals surface area (Å²) < 4.78 is 46.2. The average Bonchev–Trinajstić information content (AvgIpc) is 3.56. The number of methoxy groups -OCH3 is 1. The molecular formula is C27H27F2N3O7. The summed E-state index contributed by atoms with van der Waals surface area (Å²) in [5.41, 5.74) is -3.74. The highest BCUT2D eigenvalue weighted by Gasteiger charge is 2.45. The van der Waals surface area contributed by atoms with Crippen molar-refractivity contribution < 1.29 is 32.3 Å². The van der Waals surface area contributed by atoms with Crippen LogP contribution in [-0.2, 0) is 14.3 Å². The SMILES string of the molecule is COC(=O)C1CCCN1C(=O)c1c(F)ccc(Nc2c(NC(c3ccc(C)o3)C3(C)COC3)c(=O)c2=O)c1F. The molecule has 2 unspecified atom stereocenters. The van der Waals surface area contributed by atoms with E-state index in [0.717, 1.165) is 17.0 Å². The lowest BCUT2D eigenvalue weighted by molar-refractivity contribution is -0.145. The highest BCUT2D eigenvalue weighted by Crippen LogP contribution is 2.43. The minimum atomic E-state index is -1.26. The summed E-state index contributed by atoms with van der Waals surface area (Å²) in [5.74, 6) is -2.90. The predicted octanol–water partition coefficient (Wildman–Crippen LogP) is 3.17. The molecule has 12 heteroatoms. The maximum absolute atomic E-state index is 15.6. The fourth-order valence-electron chi connectivity index (χ4n) is 5.10. The molecule has 2 aliphatic rings. The fourth-order valence-corrected chi connectivity index (χ4v) is 5.10. The number of anilines is 3. The van der Waals surface area contributed by atoms with Crippen LogP contribution in [0.4, 0.5) is 25.8 Å². The number of benzene rings is 1. The molecule has 206 valence electrons. The molecule has 2 aliphatic heterocycles. The van der Waals surface area contributed by atoms with Crippen molar-refractivity contribution in [1.29, 1.82) is 0 Å². The van der Waals surface area contributed by atoms with Gasteiger partial charge in [0.1, 0.15) is 40.3 Å². The van der Waals surface area contributed by atoms with Gasteiger partial charge < -0.3 is 29.4 Å². The van der Waals surface area contributed by atoms with E-state index < -0.39 is 57.4 Å². The van der Waals surface area contributed by atoms with Crippen LogP contribution in [0.3, 0.4) is 0 Å². The summed E-state index contributed by atoms with van der Waals surface area (Å²) in [7, 11) is 1.17. The van der Waals surface area contributed by atoms with Crippen LogP contribution in [-0.4, -0.2) is 49.7 Å². The largest absolute Gasteiger partial charge is 0.467 e. The molecule has 2 fully saturated rings. The lowest BCUT2D eigenvalue weighted by Gasteiger charge is -2.44. The Balaban J connectivity index is 1.45. The van der Waals surface area contributed by atoms with Gasteiger partial charge >= 0.3 is 5.97 Å². The van der Waals surface area contributed by atoms with Crippen LogP contribution < -0.4 is 21.5 Å². The summed E-state index contributed by atoms with van der Waals surface area (Å²) in [4.78, 5) is 51.3. The number of furan rings is 1. The Morgan fingerprint density at radius 1 is 1.13 bits per heavy atom. The molecule has 2 saturated heterocycles. The number of halogens is 2. The Hall–Kier alpha value is -4.06. The number of carbonyl (C=O) groups excluding carboxylic acids is 2. The van der Waals surface area contributed by atoms with E-state index in [1.54, 1.807) is 19.1 Å². The van der Waals surface area contributed by atoms with Crippen molar-refractivity contribution in [2.24, 2.45) is 5.41 Å². The quantitative estimate of drug-likeness (QED) is 0.325. The molecule has 1 amide bonds. The Labute approximate surface area is 221 Å². The molecule has 1 aromatic heterocycles. The number of ether oxygens (including phenoxy) is 2. The van der Waals surface area contributed by atoms with Crippen molar-refractivity contribution in [3.05, 3.63) is 73.4 Å². The van der Waals surface area contributed by atoms with Gasteiger partial charge in [-0.05, 0) is 44.0 Å². The summed E-state index contributed by atoms with van der Waals surface area (Å²) in [6.07, 6.45) is 0.768. The van der Waals surface area contributed by atoms with Gasteiger partial charge in [-0.1, -0.05) is 6.92 Å². The number of nitrogens with zero attached hydrogens (tertiary/aromatic N) is 1. The minimum Gasteiger partial charge on any atom is -0.467 e. The predicted molar refractivity (Wildman–Crippen MR) is 136 cm³/mol. The zero-order chi connectivity index (χ0) is 28.1. The van der Waals surface area contributed by atoms with Gasteiger partial charge in [0, 0.05) is 12.0 Å². The number of hydrogen-bond donors (Lipinski definition) is 2. The summed E-state index contributed by atoms with van der Waals surface area (Å²) >= 11 is 0. The van der Waals surface area contributed by atoms with Gasteiger partial charge in [0.2, 0.25) is 0 Å². The lowest BCUT2D eigenvalue weighted by Crippen LogP contribution is -2.49. The average molecular weight is 544 g/mol. The van der Waals surface area contributed by atoms with E-state index in [2.05, 4.69) is 10.6 Å². The van der Waals surface area contributed by atoms with Crippen molar-refractivity contribution in [2.45, 2.75) is 38.8 Å². The second-order valence-corrected chi connectivity index (χ2v) is 10.2. The van der Waals surface area contributed by atoms with Crippen LogP contribution in [0.15, 0.2) is 38.3 Å². The summed E-state index contributed by atoms with van der Waals surface area (Å²) in [5, 5.41) is 5.63. The normalized spacial score (nSPS) is 19.0. The number of nitrogens with one attached hydrogen (secondary N) is 2. The van der Waals surface area contributed by atoms with E-state index in [1.807, 2.05) is 6.92 Å². The van der Waals surface area contributed by atoms with Gasteiger partial charge in [-0.2, -0.15) is 0 Å². The second-order valence-electron chi connectivity index (χ2n) is 10.2. The zero-order valence-electron chi connectivity index (χ0n) is 21.6. The van der Waals surface area contributed by atoms with Crippen LogP contribution >= 0.6 is 0 Å². The smallest absolute Gasteiger partial charge is 0.328 e. The number of carbonyl (C=O) groups is 2. The molecule has 5 rings (SSSR count). The first-order valence-corrected chi connectivity index (χ1v) is 12.4. The zero-order valence-corrected chi connectivity index (χ0v) is 21.6. The molecule has 2 aromatic carbocycles. The topological polar surface area (TPSA) is 127 Å². The lowest BCUT2D eigenvalue weighted by atomic mass is 9.79. The molecule has 39 heavy (non-hydrogen) atoms. The van der Waals surface area contributed by atoms with Gasteiger partial charge in [-0.3, -0.25) is 14.4 Å². The molecule has 2 atom stereocenters. The maximum atomic E-state index is 15.6. The molecule has 0 aliphatic carbocycles. The van der Waals surface area contributed by atoms with Crippen molar-refractivity contribution in [2.75, 3.05) is 37.5 Å². The first kappa shape index (κ1) is 26.5. The molecule has 0 radical (unpaired) electrons. The van der Waals surface area contributed by atoms with Crippen LogP contribution in [0.2, 0.25) is 0 Å². The Morgan fingerprint density at radius 2 is 1.85 bits per heavy atom. The number of likely N-dealkylation sites (tertiary alicyclic amines) is 1. The highest BCUT2D eigenvalue weighted by atomic mass is 19.1. The minimum absolute atomic E-state index is 0.0888. The van der Waals surface area contributed by atoms with Crippen molar-refractivity contribution >= 4 is 28.9 Å². The first-order valence-electron chi connectivity index (χ1n) is 12.4. The van der Waals surface area contributed by atoms with Crippen LogP contribution in [0.5, 0.6) is 0 Å². The number of hydrogen-bond acceptors (Lipinski definition) is 9. The fraction of sp³-hybridized carbons (Fsp3) is 0.407. The molecule has 0 saturated carbocycles. The van der Waals surface area contributed by atoms with Crippen LogP contribution in [0.1, 0.15) is 47.7 Å². The molecular weight excluding hydrogens is 516 g/mol. The van der Waals surface area contributed by atoms with E-state index in [9.17, 15) is 23.6 Å². The van der Waals surface area contributed by atoms with Crippen LogP contribution in [0, 0.1) is 24.0 Å². The Kier molecular flexibility index (Phi) is 6.75.